The third-order valence-corrected chi connectivity index (χ3v) is 5.09. The van der Waals surface area contributed by atoms with Crippen molar-refractivity contribution in [2.24, 2.45) is 0 Å². The lowest BCUT2D eigenvalue weighted by Gasteiger charge is -2.12. The second-order valence-electron chi connectivity index (χ2n) is 6.84. The zero-order valence-electron chi connectivity index (χ0n) is 17.5. The number of amides is 1. The van der Waals surface area contributed by atoms with Crippen molar-refractivity contribution in [2.75, 3.05) is 18.5 Å². The van der Waals surface area contributed by atoms with E-state index in [0.29, 0.717) is 17.9 Å². The fourth-order valence-corrected chi connectivity index (χ4v) is 3.37. The molecule has 2 aromatic carbocycles. The van der Waals surface area contributed by atoms with E-state index in [9.17, 15) is 4.79 Å². The number of ether oxygens (including phenoxy) is 2. The minimum atomic E-state index is -0.290. The number of nitrogens with one attached hydrogen (secondary N) is 2. The number of benzene rings is 2. The molecule has 2 N–H and O–H groups in total. The topological polar surface area (TPSA) is 59.6 Å². The van der Waals surface area contributed by atoms with Gasteiger partial charge in [0, 0.05) is 11.3 Å². The molecule has 0 aliphatic rings. The summed E-state index contributed by atoms with van der Waals surface area (Å²) >= 11 is 8.70. The zero-order chi connectivity index (χ0) is 21.8. The number of thiocarbonyl (C=S) groups is 1. The zero-order valence-corrected chi connectivity index (χ0v) is 19.9. The molecule has 0 saturated carbocycles. The molecule has 0 atom stereocenters. The summed E-state index contributed by atoms with van der Waals surface area (Å²) in [6.45, 7) is 5.58. The van der Waals surface area contributed by atoms with E-state index in [1.165, 1.54) is 19.3 Å². The maximum absolute atomic E-state index is 12.4. The van der Waals surface area contributed by atoms with Crippen LogP contribution in [0.5, 0.6) is 11.5 Å². The molecule has 162 valence electrons. The predicted octanol–water partition coefficient (Wildman–Crippen LogP) is 6.32. The van der Waals surface area contributed by atoms with Crippen LogP contribution >= 0.6 is 28.1 Å². The molecular weight excluding hydrogens is 464 g/mol. The Morgan fingerprint density at radius 1 is 0.967 bits per heavy atom. The van der Waals surface area contributed by atoms with Crippen molar-refractivity contribution in [1.29, 1.82) is 0 Å². The minimum absolute atomic E-state index is 0.232. The Balaban J connectivity index is 1.82. The van der Waals surface area contributed by atoms with Gasteiger partial charge in [-0.25, -0.2) is 0 Å². The number of carbonyl (C=O) groups is 1. The first-order chi connectivity index (χ1) is 14.5. The highest BCUT2D eigenvalue weighted by atomic mass is 79.9. The lowest BCUT2D eigenvalue weighted by atomic mass is 10.2. The van der Waals surface area contributed by atoms with Crippen molar-refractivity contribution in [3.05, 3.63) is 52.5 Å². The van der Waals surface area contributed by atoms with Crippen LogP contribution < -0.4 is 20.1 Å². The highest BCUT2D eigenvalue weighted by Gasteiger charge is 2.11. The van der Waals surface area contributed by atoms with Crippen LogP contribution in [0.15, 0.2) is 46.9 Å². The lowest BCUT2D eigenvalue weighted by molar-refractivity contribution is 0.0977. The Morgan fingerprint density at radius 3 is 2.40 bits per heavy atom. The van der Waals surface area contributed by atoms with E-state index in [-0.39, 0.29) is 11.0 Å². The van der Waals surface area contributed by atoms with E-state index in [2.05, 4.69) is 33.5 Å². The molecule has 0 aliphatic carbocycles. The molecule has 0 unspecified atom stereocenters. The van der Waals surface area contributed by atoms with Gasteiger partial charge >= 0.3 is 0 Å². The molecule has 0 aliphatic heterocycles. The monoisotopic (exact) mass is 492 g/mol. The van der Waals surface area contributed by atoms with Crippen LogP contribution in [0.1, 0.15) is 56.3 Å². The Morgan fingerprint density at radius 2 is 1.73 bits per heavy atom. The number of hydrogen-bond acceptors (Lipinski definition) is 4. The first-order valence-electron chi connectivity index (χ1n) is 10.3. The molecule has 30 heavy (non-hydrogen) atoms. The fourth-order valence-electron chi connectivity index (χ4n) is 2.66. The van der Waals surface area contributed by atoms with Crippen LogP contribution in [-0.2, 0) is 0 Å². The van der Waals surface area contributed by atoms with Gasteiger partial charge in [-0.2, -0.15) is 0 Å². The van der Waals surface area contributed by atoms with Crippen LogP contribution in [0, 0.1) is 0 Å². The molecule has 0 bridgehead atoms. The Labute approximate surface area is 192 Å². The number of unbranched alkanes of at least 4 members (excludes halogenated alkanes) is 3. The molecule has 0 radical (unpaired) electrons. The van der Waals surface area contributed by atoms with Gasteiger partial charge in [0.05, 0.1) is 17.7 Å². The van der Waals surface area contributed by atoms with E-state index in [0.717, 1.165) is 35.4 Å². The average Bonchev–Trinajstić information content (AvgIpc) is 2.73. The molecule has 7 heteroatoms. The van der Waals surface area contributed by atoms with E-state index in [1.54, 1.807) is 18.2 Å². The lowest BCUT2D eigenvalue weighted by Crippen LogP contribution is -2.34. The van der Waals surface area contributed by atoms with Gasteiger partial charge in [0.1, 0.15) is 11.5 Å². The summed E-state index contributed by atoms with van der Waals surface area (Å²) < 4.78 is 12.1. The third-order valence-electron chi connectivity index (χ3n) is 4.26. The molecule has 2 aromatic rings. The highest BCUT2D eigenvalue weighted by Crippen LogP contribution is 2.26. The third kappa shape index (κ3) is 8.32. The molecule has 0 heterocycles. The maximum atomic E-state index is 12.4. The van der Waals surface area contributed by atoms with Crippen molar-refractivity contribution in [3.63, 3.8) is 0 Å². The first kappa shape index (κ1) is 24.2. The van der Waals surface area contributed by atoms with Gasteiger partial charge in [-0.15, -0.1) is 0 Å². The van der Waals surface area contributed by atoms with E-state index >= 15 is 0 Å². The predicted molar refractivity (Wildman–Crippen MR) is 130 cm³/mol. The van der Waals surface area contributed by atoms with Crippen LogP contribution in [-0.4, -0.2) is 24.2 Å². The van der Waals surface area contributed by atoms with Gasteiger partial charge in [-0.3, -0.25) is 10.1 Å². The van der Waals surface area contributed by atoms with Crippen molar-refractivity contribution in [2.45, 2.75) is 46.0 Å². The molecular formula is C23H29BrN2O3S. The van der Waals surface area contributed by atoms with Crippen molar-refractivity contribution < 1.29 is 14.3 Å². The highest BCUT2D eigenvalue weighted by molar-refractivity contribution is 9.10. The SMILES string of the molecule is CCCCCCOc1ccc(NC(=S)NC(=O)c2ccc(OCCC)c(Br)c2)cc1. The number of hydrogen-bond donors (Lipinski definition) is 2. The normalized spacial score (nSPS) is 10.4. The Bertz CT molecular complexity index is 828. The van der Waals surface area contributed by atoms with Gasteiger partial charge in [-0.05, 0) is 83.5 Å². The molecule has 0 spiro atoms. The number of carbonyl (C=O) groups excluding carboxylic acids is 1. The summed E-state index contributed by atoms with van der Waals surface area (Å²) in [5, 5.41) is 5.94. The Kier molecular flexibility index (Phi) is 10.7. The van der Waals surface area contributed by atoms with Crippen LogP contribution in [0.2, 0.25) is 0 Å². The quantitative estimate of drug-likeness (QED) is 0.283. The summed E-state index contributed by atoms with van der Waals surface area (Å²) in [6, 6.07) is 12.7. The van der Waals surface area contributed by atoms with E-state index < -0.39 is 0 Å². The molecule has 5 nitrogen and oxygen atoms in total. The van der Waals surface area contributed by atoms with Crippen molar-refractivity contribution >= 4 is 44.9 Å². The number of rotatable bonds is 11. The molecule has 0 aromatic heterocycles. The van der Waals surface area contributed by atoms with Gasteiger partial charge < -0.3 is 14.8 Å². The maximum Gasteiger partial charge on any atom is 0.257 e. The second kappa shape index (κ2) is 13.2. The molecule has 2 rings (SSSR count). The molecule has 1 amide bonds. The van der Waals surface area contributed by atoms with Crippen LogP contribution in [0.3, 0.4) is 0 Å². The van der Waals surface area contributed by atoms with E-state index in [1.807, 2.05) is 31.2 Å². The van der Waals surface area contributed by atoms with Gasteiger partial charge in [-0.1, -0.05) is 33.1 Å². The smallest absolute Gasteiger partial charge is 0.257 e. The van der Waals surface area contributed by atoms with Gasteiger partial charge in [0.25, 0.3) is 5.91 Å². The van der Waals surface area contributed by atoms with E-state index in [4.69, 9.17) is 21.7 Å². The number of anilines is 1. The average molecular weight is 493 g/mol. The summed E-state index contributed by atoms with van der Waals surface area (Å²) in [4.78, 5) is 12.4. The van der Waals surface area contributed by atoms with Crippen molar-refractivity contribution in [1.82, 2.24) is 5.32 Å². The van der Waals surface area contributed by atoms with Gasteiger partial charge in [0.15, 0.2) is 5.11 Å². The fraction of sp³-hybridized carbons (Fsp3) is 0.391. The van der Waals surface area contributed by atoms with Crippen molar-refractivity contribution in [3.8, 4) is 11.5 Å². The van der Waals surface area contributed by atoms with Crippen LogP contribution in [0.4, 0.5) is 5.69 Å². The number of halogens is 1. The van der Waals surface area contributed by atoms with Crippen LogP contribution in [0.25, 0.3) is 0 Å². The standard InChI is InChI=1S/C23H29BrN2O3S/c1-3-5-6-7-15-28-19-11-9-18(10-12-19)25-23(30)26-22(27)17-8-13-21(20(24)16-17)29-14-4-2/h8-13,16H,3-7,14-15H2,1-2H3,(H2,25,26,27,30). The second-order valence-corrected chi connectivity index (χ2v) is 8.10. The van der Waals surface area contributed by atoms with Gasteiger partial charge in [0.2, 0.25) is 0 Å². The Hall–Kier alpha value is -2.12. The summed E-state index contributed by atoms with van der Waals surface area (Å²) in [5.41, 5.74) is 1.27. The first-order valence-corrected chi connectivity index (χ1v) is 11.5. The summed E-state index contributed by atoms with van der Waals surface area (Å²) in [6.07, 6.45) is 5.62. The summed E-state index contributed by atoms with van der Waals surface area (Å²) in [5.74, 6) is 1.24. The molecule has 0 fully saturated rings. The summed E-state index contributed by atoms with van der Waals surface area (Å²) in [7, 11) is 0. The largest absolute Gasteiger partial charge is 0.494 e. The minimum Gasteiger partial charge on any atom is -0.494 e. The molecule has 0 saturated heterocycles.